The summed E-state index contributed by atoms with van der Waals surface area (Å²) in [6, 6.07) is 6.90. The first-order valence-corrected chi connectivity index (χ1v) is 6.83. The van der Waals surface area contributed by atoms with Crippen LogP contribution < -0.4 is 11.5 Å². The number of hydrogen-bond donors (Lipinski definition) is 6. The molecule has 8 N–H and O–H groups in total. The van der Waals surface area contributed by atoms with E-state index in [1.165, 1.54) is 0 Å². The average molecular weight is 304 g/mol. The maximum Gasteiger partial charge on any atom is 0.0705 e. The second kappa shape index (κ2) is 6.76. The fourth-order valence-corrected chi connectivity index (χ4v) is 2.70. The fourth-order valence-electron chi connectivity index (χ4n) is 2.70. The number of nitrogen functional groups attached to an aromatic ring is 2. The Labute approximate surface area is 128 Å². The molecule has 0 atom stereocenters. The first-order chi connectivity index (χ1) is 10.6. The highest BCUT2D eigenvalue weighted by Crippen LogP contribution is 2.38. The number of anilines is 2. The molecule has 0 amide bonds. The number of rotatable bonds is 5. The van der Waals surface area contributed by atoms with Gasteiger partial charge < -0.3 is 31.9 Å². The van der Waals surface area contributed by atoms with Gasteiger partial charge in [0, 0.05) is 22.5 Å². The molecule has 0 spiro atoms. The highest BCUT2D eigenvalue weighted by Gasteiger charge is 2.21. The van der Waals surface area contributed by atoms with Crippen molar-refractivity contribution in [2.45, 2.75) is 26.4 Å². The van der Waals surface area contributed by atoms with Crippen LogP contribution in [-0.2, 0) is 26.4 Å². The van der Waals surface area contributed by atoms with Crippen LogP contribution in [0.2, 0.25) is 0 Å². The van der Waals surface area contributed by atoms with Crippen molar-refractivity contribution in [3.63, 3.8) is 0 Å². The molecule has 0 unspecified atom stereocenters. The molecule has 2 aromatic carbocycles. The summed E-state index contributed by atoms with van der Waals surface area (Å²) in [7, 11) is 0. The molecule has 0 aliphatic heterocycles. The summed E-state index contributed by atoms with van der Waals surface area (Å²) in [5, 5.41) is 38.6. The number of aliphatic hydroxyl groups is 4. The predicted octanol–water partition coefficient (Wildman–Crippen LogP) is 0.487. The zero-order valence-corrected chi connectivity index (χ0v) is 12.1. The van der Waals surface area contributed by atoms with E-state index in [1.54, 1.807) is 24.3 Å². The molecule has 0 bridgehead atoms. The Balaban J connectivity index is 2.87. The smallest absolute Gasteiger partial charge is 0.0705 e. The monoisotopic (exact) mass is 304 g/mol. The van der Waals surface area contributed by atoms with E-state index in [0.717, 1.165) is 0 Å². The summed E-state index contributed by atoms with van der Waals surface area (Å²) in [5.41, 5.74) is 15.3. The first kappa shape index (κ1) is 16.3. The normalized spacial score (nSPS) is 10.9. The van der Waals surface area contributed by atoms with Crippen molar-refractivity contribution in [2.75, 3.05) is 11.5 Å². The van der Waals surface area contributed by atoms with Gasteiger partial charge in [0.25, 0.3) is 0 Å². The molecule has 6 heteroatoms. The fraction of sp³-hybridized carbons (Fsp3) is 0.250. The van der Waals surface area contributed by atoms with E-state index >= 15 is 0 Å². The van der Waals surface area contributed by atoms with Crippen molar-refractivity contribution in [3.05, 3.63) is 46.5 Å². The van der Waals surface area contributed by atoms with E-state index in [9.17, 15) is 20.4 Å². The maximum absolute atomic E-state index is 9.72. The highest BCUT2D eigenvalue weighted by molar-refractivity contribution is 5.79. The van der Waals surface area contributed by atoms with Gasteiger partial charge in [0.05, 0.1) is 26.4 Å². The van der Waals surface area contributed by atoms with Gasteiger partial charge in [-0.2, -0.15) is 0 Å². The van der Waals surface area contributed by atoms with Gasteiger partial charge >= 0.3 is 0 Å². The largest absolute Gasteiger partial charge is 0.399 e. The van der Waals surface area contributed by atoms with Crippen LogP contribution in [0.3, 0.4) is 0 Å². The molecule has 0 aliphatic carbocycles. The van der Waals surface area contributed by atoms with Gasteiger partial charge in [-0.3, -0.25) is 0 Å². The van der Waals surface area contributed by atoms with Crippen LogP contribution in [-0.4, -0.2) is 20.4 Å². The molecule has 0 aliphatic rings. The lowest BCUT2D eigenvalue weighted by atomic mass is 9.86. The number of benzene rings is 2. The summed E-state index contributed by atoms with van der Waals surface area (Å²) in [6.07, 6.45) is 0. The zero-order chi connectivity index (χ0) is 16.3. The van der Waals surface area contributed by atoms with E-state index in [1.807, 2.05) is 0 Å². The zero-order valence-electron chi connectivity index (χ0n) is 12.1. The number of nitrogens with two attached hydrogens (primary N) is 2. The molecular weight excluding hydrogens is 284 g/mol. The Morgan fingerprint density at radius 1 is 0.636 bits per heavy atom. The van der Waals surface area contributed by atoms with Crippen LogP contribution in [0.1, 0.15) is 22.3 Å². The molecule has 118 valence electrons. The van der Waals surface area contributed by atoms with Crippen molar-refractivity contribution >= 4 is 11.4 Å². The van der Waals surface area contributed by atoms with Crippen molar-refractivity contribution in [1.29, 1.82) is 0 Å². The van der Waals surface area contributed by atoms with Gasteiger partial charge in [-0.25, -0.2) is 0 Å². The van der Waals surface area contributed by atoms with Gasteiger partial charge in [0.15, 0.2) is 0 Å². The van der Waals surface area contributed by atoms with Crippen LogP contribution in [0.4, 0.5) is 11.4 Å². The summed E-state index contributed by atoms with van der Waals surface area (Å²) >= 11 is 0. The molecular formula is C16H20N2O4. The molecule has 2 rings (SSSR count). The van der Waals surface area contributed by atoms with E-state index in [0.29, 0.717) is 39.1 Å². The Kier molecular flexibility index (Phi) is 4.99. The molecule has 22 heavy (non-hydrogen) atoms. The first-order valence-electron chi connectivity index (χ1n) is 6.83. The Morgan fingerprint density at radius 3 is 1.41 bits per heavy atom. The van der Waals surface area contributed by atoms with Gasteiger partial charge in [-0.05, 0) is 34.4 Å². The Hall–Kier alpha value is -2.12. The van der Waals surface area contributed by atoms with Crippen LogP contribution in [0, 0.1) is 0 Å². The lowest BCUT2D eigenvalue weighted by molar-refractivity contribution is 0.252. The predicted molar refractivity (Wildman–Crippen MR) is 84.4 cm³/mol. The third-order valence-electron chi connectivity index (χ3n) is 3.81. The standard InChI is InChI=1S/C16H20N2O4/c17-10-3-1-9(2-4-10)15-11(5-19)13(7-21)16(18)14(8-22)12(15)6-20/h1-4,19-22H,5-8,17-18H2. The van der Waals surface area contributed by atoms with E-state index in [-0.39, 0.29) is 32.1 Å². The van der Waals surface area contributed by atoms with Gasteiger partial charge in [0.2, 0.25) is 0 Å². The van der Waals surface area contributed by atoms with Crippen molar-refractivity contribution in [1.82, 2.24) is 0 Å². The van der Waals surface area contributed by atoms with Crippen molar-refractivity contribution < 1.29 is 20.4 Å². The van der Waals surface area contributed by atoms with Gasteiger partial charge in [0.1, 0.15) is 0 Å². The SMILES string of the molecule is Nc1ccc(-c2c(CO)c(CO)c(N)c(CO)c2CO)cc1. The Bertz CT molecular complexity index is 636. The lowest BCUT2D eigenvalue weighted by Crippen LogP contribution is -2.11. The minimum atomic E-state index is -0.373. The van der Waals surface area contributed by atoms with E-state index in [2.05, 4.69) is 0 Å². The molecule has 0 fully saturated rings. The Morgan fingerprint density at radius 2 is 1.05 bits per heavy atom. The van der Waals surface area contributed by atoms with Crippen LogP contribution in [0.25, 0.3) is 11.1 Å². The van der Waals surface area contributed by atoms with Crippen LogP contribution >= 0.6 is 0 Å². The minimum Gasteiger partial charge on any atom is -0.399 e. The number of aliphatic hydroxyl groups excluding tert-OH is 4. The molecule has 0 saturated heterocycles. The number of hydrogen-bond acceptors (Lipinski definition) is 6. The molecule has 0 heterocycles. The topological polar surface area (TPSA) is 133 Å². The average Bonchev–Trinajstić information content (AvgIpc) is 2.54. The molecule has 0 aromatic heterocycles. The second-order valence-corrected chi connectivity index (χ2v) is 4.96. The van der Waals surface area contributed by atoms with Crippen LogP contribution in [0.15, 0.2) is 24.3 Å². The van der Waals surface area contributed by atoms with Crippen molar-refractivity contribution in [3.8, 4) is 11.1 Å². The molecule has 0 radical (unpaired) electrons. The second-order valence-electron chi connectivity index (χ2n) is 4.96. The quantitative estimate of drug-likeness (QED) is 0.445. The summed E-state index contributed by atoms with van der Waals surface area (Å²) in [6.45, 7) is -1.44. The highest BCUT2D eigenvalue weighted by atomic mass is 16.3. The van der Waals surface area contributed by atoms with Crippen molar-refractivity contribution in [2.24, 2.45) is 0 Å². The van der Waals surface area contributed by atoms with E-state index < -0.39 is 0 Å². The molecule has 2 aromatic rings. The maximum atomic E-state index is 9.72. The summed E-state index contributed by atoms with van der Waals surface area (Å²) in [4.78, 5) is 0. The summed E-state index contributed by atoms with van der Waals surface area (Å²) < 4.78 is 0. The summed E-state index contributed by atoms with van der Waals surface area (Å²) in [5.74, 6) is 0. The molecule has 6 nitrogen and oxygen atoms in total. The minimum absolute atomic E-state index is 0.192. The van der Waals surface area contributed by atoms with E-state index in [4.69, 9.17) is 11.5 Å². The van der Waals surface area contributed by atoms with Crippen LogP contribution in [0.5, 0.6) is 0 Å². The molecule has 0 saturated carbocycles. The van der Waals surface area contributed by atoms with Gasteiger partial charge in [-0.15, -0.1) is 0 Å². The third-order valence-corrected chi connectivity index (χ3v) is 3.81. The van der Waals surface area contributed by atoms with Gasteiger partial charge in [-0.1, -0.05) is 12.1 Å². The third kappa shape index (κ3) is 2.65. The lowest BCUT2D eigenvalue weighted by Gasteiger charge is -2.22.